The molecule has 2 saturated heterocycles. The van der Waals surface area contributed by atoms with Crippen molar-refractivity contribution in [1.82, 2.24) is 9.80 Å². The van der Waals surface area contributed by atoms with Gasteiger partial charge >= 0.3 is 11.9 Å². The molecule has 3 atom stereocenters. The molecular formula is C22H24Cl2N2O6. The van der Waals surface area contributed by atoms with Crippen molar-refractivity contribution in [2.75, 3.05) is 26.2 Å². The van der Waals surface area contributed by atoms with Gasteiger partial charge in [-0.2, -0.15) is 0 Å². The summed E-state index contributed by atoms with van der Waals surface area (Å²) in [7, 11) is 0. The van der Waals surface area contributed by atoms with Gasteiger partial charge in [-0.15, -0.1) is 0 Å². The molecular weight excluding hydrogens is 459 g/mol. The summed E-state index contributed by atoms with van der Waals surface area (Å²) in [6, 6.07) is 4.91. The van der Waals surface area contributed by atoms with Crippen LogP contribution in [0.4, 0.5) is 0 Å². The van der Waals surface area contributed by atoms with Gasteiger partial charge in [-0.3, -0.25) is 14.6 Å². The molecule has 3 unspecified atom stereocenters. The predicted octanol–water partition coefficient (Wildman–Crippen LogP) is 1.95. The smallest absolute Gasteiger partial charge is 0.333 e. The zero-order valence-electron chi connectivity index (χ0n) is 17.3. The van der Waals surface area contributed by atoms with Gasteiger partial charge in [-0.25, -0.2) is 9.59 Å². The molecule has 2 fully saturated rings. The minimum atomic E-state index is -1.65. The predicted molar refractivity (Wildman–Crippen MR) is 116 cm³/mol. The van der Waals surface area contributed by atoms with Crippen LogP contribution in [-0.2, 0) is 30.3 Å². The summed E-state index contributed by atoms with van der Waals surface area (Å²) >= 11 is 12.1. The highest BCUT2D eigenvalue weighted by molar-refractivity contribution is 6.42. The van der Waals surface area contributed by atoms with Gasteiger partial charge in [-0.1, -0.05) is 29.3 Å². The molecule has 3 aliphatic rings. The molecule has 1 amide bonds. The number of ether oxygens (including phenoxy) is 2. The molecule has 0 bridgehead atoms. The van der Waals surface area contributed by atoms with E-state index in [9.17, 15) is 19.5 Å². The number of rotatable bonds is 4. The van der Waals surface area contributed by atoms with E-state index in [1.807, 2.05) is 0 Å². The Bertz CT molecular complexity index is 948. The summed E-state index contributed by atoms with van der Waals surface area (Å²) in [5.74, 6) is -1.88. The Morgan fingerprint density at radius 3 is 2.53 bits per heavy atom. The number of nitrogens with zero attached hydrogens (tertiary/aromatic N) is 2. The molecule has 32 heavy (non-hydrogen) atoms. The van der Waals surface area contributed by atoms with Crippen LogP contribution in [0.15, 0.2) is 30.4 Å². The second kappa shape index (κ2) is 9.39. The van der Waals surface area contributed by atoms with Gasteiger partial charge < -0.3 is 14.6 Å². The van der Waals surface area contributed by atoms with Crippen molar-refractivity contribution in [3.8, 4) is 0 Å². The molecule has 3 aliphatic heterocycles. The molecule has 8 nitrogen and oxygen atoms in total. The third kappa shape index (κ3) is 4.64. The van der Waals surface area contributed by atoms with Crippen LogP contribution in [0.5, 0.6) is 0 Å². The molecule has 0 aromatic heterocycles. The minimum Gasteiger partial charge on any atom is -0.450 e. The van der Waals surface area contributed by atoms with Crippen LogP contribution >= 0.6 is 23.2 Å². The summed E-state index contributed by atoms with van der Waals surface area (Å²) in [5, 5.41) is 11.4. The fourth-order valence-electron chi connectivity index (χ4n) is 4.57. The van der Waals surface area contributed by atoms with Gasteiger partial charge in [0.05, 0.1) is 29.1 Å². The van der Waals surface area contributed by atoms with E-state index in [4.69, 9.17) is 32.7 Å². The van der Waals surface area contributed by atoms with Gasteiger partial charge in [0.2, 0.25) is 11.6 Å². The summed E-state index contributed by atoms with van der Waals surface area (Å²) in [5.41, 5.74) is -1.01. The van der Waals surface area contributed by atoms with Crippen LogP contribution in [0.2, 0.25) is 10.0 Å². The standard InChI is InChI=1S/C22H24Cl2N2O6/c23-15-4-3-14(11-16(15)24)12-18(28)26-10-7-17(27)21-22(26,13-25-8-1-2-9-25)32-20(30)6-5-19(29)31-21/h3-6,11,17,21,27H,1-2,7-10,12-13H2/b6-5-. The van der Waals surface area contributed by atoms with Gasteiger partial charge in [-0.05, 0) is 50.0 Å². The van der Waals surface area contributed by atoms with Crippen molar-refractivity contribution in [3.05, 3.63) is 46.0 Å². The average molecular weight is 483 g/mol. The van der Waals surface area contributed by atoms with Crippen molar-refractivity contribution in [2.45, 2.75) is 43.6 Å². The van der Waals surface area contributed by atoms with Crippen molar-refractivity contribution in [3.63, 3.8) is 0 Å². The van der Waals surface area contributed by atoms with Crippen molar-refractivity contribution >= 4 is 41.0 Å². The average Bonchev–Trinajstić information content (AvgIpc) is 3.24. The molecule has 0 saturated carbocycles. The van der Waals surface area contributed by atoms with E-state index >= 15 is 0 Å². The molecule has 10 heteroatoms. The fraction of sp³-hybridized carbons (Fsp3) is 0.500. The maximum atomic E-state index is 13.5. The number of esters is 2. The Hall–Kier alpha value is -2.13. The maximum absolute atomic E-state index is 13.5. The number of amides is 1. The summed E-state index contributed by atoms with van der Waals surface area (Å²) in [6.45, 7) is 1.77. The van der Waals surface area contributed by atoms with Gasteiger partial charge in [0, 0.05) is 18.7 Å². The first-order valence-electron chi connectivity index (χ1n) is 10.5. The van der Waals surface area contributed by atoms with Crippen LogP contribution in [0.3, 0.4) is 0 Å². The van der Waals surface area contributed by atoms with E-state index in [0.29, 0.717) is 15.6 Å². The highest BCUT2D eigenvalue weighted by Crippen LogP contribution is 2.36. The van der Waals surface area contributed by atoms with Gasteiger partial charge in [0.15, 0.2) is 6.10 Å². The highest BCUT2D eigenvalue weighted by atomic mass is 35.5. The molecule has 4 rings (SSSR count). The Morgan fingerprint density at radius 2 is 1.81 bits per heavy atom. The minimum absolute atomic E-state index is 0.0250. The zero-order chi connectivity index (χ0) is 22.9. The fourth-order valence-corrected chi connectivity index (χ4v) is 4.89. The van der Waals surface area contributed by atoms with E-state index in [-0.39, 0.29) is 31.8 Å². The molecule has 1 aromatic carbocycles. The second-order valence-electron chi connectivity index (χ2n) is 8.27. The van der Waals surface area contributed by atoms with Crippen LogP contribution in [0.1, 0.15) is 24.8 Å². The van der Waals surface area contributed by atoms with E-state index in [2.05, 4.69) is 4.90 Å². The monoisotopic (exact) mass is 482 g/mol. The quantitative estimate of drug-likeness (QED) is 0.654. The maximum Gasteiger partial charge on any atom is 0.333 e. The van der Waals surface area contributed by atoms with Crippen LogP contribution in [0, 0.1) is 0 Å². The Morgan fingerprint density at radius 1 is 1.09 bits per heavy atom. The number of aliphatic hydroxyl groups excluding tert-OH is 1. The Kier molecular flexibility index (Phi) is 6.76. The van der Waals surface area contributed by atoms with E-state index in [1.54, 1.807) is 18.2 Å². The highest BCUT2D eigenvalue weighted by Gasteiger charge is 2.58. The number of likely N-dealkylation sites (tertiary alicyclic amines) is 2. The molecule has 0 aliphatic carbocycles. The Balaban J connectivity index is 1.71. The number of aliphatic hydroxyl groups is 1. The number of piperidine rings is 1. The SMILES string of the molecule is O=C1/C=C\C(=O)OC2(CN3CCCC3)C(O1)C(O)CCN2C(=O)Cc1ccc(Cl)c(Cl)c1. The topological polar surface area (TPSA) is 96.4 Å². The lowest BCUT2D eigenvalue weighted by molar-refractivity contribution is -0.254. The van der Waals surface area contributed by atoms with Crippen LogP contribution in [-0.4, -0.2) is 76.9 Å². The van der Waals surface area contributed by atoms with Gasteiger partial charge in [0.1, 0.15) is 0 Å². The van der Waals surface area contributed by atoms with Crippen LogP contribution < -0.4 is 0 Å². The van der Waals surface area contributed by atoms with Crippen molar-refractivity contribution in [1.29, 1.82) is 0 Å². The summed E-state index contributed by atoms with van der Waals surface area (Å²) < 4.78 is 11.4. The number of benzene rings is 1. The first-order valence-corrected chi connectivity index (χ1v) is 11.3. The van der Waals surface area contributed by atoms with Crippen LogP contribution in [0.25, 0.3) is 0 Å². The van der Waals surface area contributed by atoms with E-state index < -0.39 is 29.9 Å². The Labute approximate surface area is 195 Å². The lowest BCUT2D eigenvalue weighted by Gasteiger charge is -2.52. The van der Waals surface area contributed by atoms with E-state index in [0.717, 1.165) is 38.1 Å². The van der Waals surface area contributed by atoms with Gasteiger partial charge in [0.25, 0.3) is 0 Å². The van der Waals surface area contributed by atoms with Crippen molar-refractivity contribution < 1.29 is 29.0 Å². The first-order chi connectivity index (χ1) is 15.3. The number of carbonyl (C=O) groups excluding carboxylic acids is 3. The number of hydrogen-bond acceptors (Lipinski definition) is 7. The number of fused-ring (bicyclic) bond motifs is 1. The normalized spacial score (nSPS) is 29.5. The number of carbonyl (C=O) groups is 3. The largest absolute Gasteiger partial charge is 0.450 e. The molecule has 172 valence electrons. The third-order valence-corrected chi connectivity index (χ3v) is 6.80. The molecule has 0 spiro atoms. The molecule has 1 N–H and O–H groups in total. The van der Waals surface area contributed by atoms with Crippen molar-refractivity contribution in [2.24, 2.45) is 0 Å². The number of hydrogen-bond donors (Lipinski definition) is 1. The second-order valence-corrected chi connectivity index (χ2v) is 9.08. The zero-order valence-corrected chi connectivity index (χ0v) is 18.8. The number of halogens is 2. The lowest BCUT2D eigenvalue weighted by atomic mass is 9.89. The summed E-state index contributed by atoms with van der Waals surface area (Å²) in [4.78, 5) is 41.7. The first kappa shape index (κ1) is 23.0. The molecule has 3 heterocycles. The summed E-state index contributed by atoms with van der Waals surface area (Å²) in [6.07, 6.45) is 1.73. The molecule has 0 radical (unpaired) electrons. The molecule has 1 aromatic rings. The lowest BCUT2D eigenvalue weighted by Crippen LogP contribution is -2.72. The third-order valence-electron chi connectivity index (χ3n) is 6.06. The van der Waals surface area contributed by atoms with E-state index in [1.165, 1.54) is 4.90 Å².